The maximum Gasteiger partial charge on any atom is 0.336 e. The average molecular weight is 500 g/mol. The van der Waals surface area contributed by atoms with Gasteiger partial charge in [-0.25, -0.2) is 9.78 Å². The van der Waals surface area contributed by atoms with Crippen molar-refractivity contribution in [2.75, 3.05) is 7.11 Å². The fraction of sp³-hybridized carbons (Fsp3) is 0.107. The Morgan fingerprint density at radius 1 is 1.00 bits per heavy atom. The number of aryl methyl sites for hydroxylation is 1. The van der Waals surface area contributed by atoms with E-state index in [1.54, 1.807) is 32.2 Å². The molecule has 0 atom stereocenters. The van der Waals surface area contributed by atoms with Gasteiger partial charge in [0, 0.05) is 12.7 Å². The smallest absolute Gasteiger partial charge is 0.336 e. The molecule has 0 radical (unpaired) electrons. The van der Waals surface area contributed by atoms with E-state index in [-0.39, 0.29) is 11.6 Å². The number of fused-ring (bicyclic) bond motifs is 1. The van der Waals surface area contributed by atoms with Crippen molar-refractivity contribution < 1.29 is 19.4 Å². The van der Waals surface area contributed by atoms with E-state index in [2.05, 4.69) is 27.1 Å². The van der Waals surface area contributed by atoms with Gasteiger partial charge in [-0.3, -0.25) is 0 Å². The highest BCUT2D eigenvalue weighted by Crippen LogP contribution is 2.33. The molecule has 36 heavy (non-hydrogen) atoms. The first-order valence-electron chi connectivity index (χ1n) is 11.2. The number of rotatable bonds is 7. The van der Waals surface area contributed by atoms with Gasteiger partial charge >= 0.3 is 12.0 Å². The second-order valence-electron chi connectivity index (χ2n) is 8.28. The fourth-order valence-electron chi connectivity index (χ4n) is 4.04. The first-order chi connectivity index (χ1) is 17.4. The number of aromatic amines is 1. The molecule has 2 aromatic heterocycles. The van der Waals surface area contributed by atoms with Crippen LogP contribution >= 0.6 is 11.6 Å². The van der Waals surface area contributed by atoms with Gasteiger partial charge in [-0.15, -0.1) is 0 Å². The number of aromatic carboxylic acids is 1. The predicted molar refractivity (Wildman–Crippen MR) is 139 cm³/mol. The van der Waals surface area contributed by atoms with E-state index in [9.17, 15) is 9.90 Å². The highest BCUT2D eigenvalue weighted by molar-refractivity contribution is 6.33. The highest BCUT2D eigenvalue weighted by Gasteiger charge is 2.15. The van der Waals surface area contributed by atoms with Crippen LogP contribution in [0.2, 0.25) is 5.02 Å². The van der Waals surface area contributed by atoms with Crippen LogP contribution in [-0.2, 0) is 11.3 Å². The average Bonchev–Trinajstić information content (AvgIpc) is 3.26. The lowest BCUT2D eigenvalue weighted by Gasteiger charge is -2.10. The van der Waals surface area contributed by atoms with Gasteiger partial charge in [0.1, 0.15) is 5.75 Å². The number of imidazole rings is 1. The summed E-state index contributed by atoms with van der Waals surface area (Å²) in [6.45, 7) is 2.26. The molecule has 0 bridgehead atoms. The topological polar surface area (TPSA) is 97.3 Å². The standard InChI is InChI=1S/C28H22ClN3O4/c1-16-7-12-20(13-22(16)27(33)34)36-28-30-24-14-23(29)25(31-26(24)32-28)18-10-8-17(9-11-18)21-6-4-3-5-19(21)15-35-2/h3-14H,15H2,1-2H3,(H,33,34)(H,30,31,32). The van der Waals surface area contributed by atoms with E-state index >= 15 is 0 Å². The van der Waals surface area contributed by atoms with Gasteiger partial charge in [0.15, 0.2) is 5.65 Å². The van der Waals surface area contributed by atoms with Gasteiger partial charge in [-0.05, 0) is 47.4 Å². The lowest BCUT2D eigenvalue weighted by molar-refractivity contribution is 0.0695. The van der Waals surface area contributed by atoms with Crippen LogP contribution in [0.25, 0.3) is 33.5 Å². The minimum absolute atomic E-state index is 0.167. The van der Waals surface area contributed by atoms with Gasteiger partial charge in [-0.2, -0.15) is 4.98 Å². The Labute approximate surface area is 212 Å². The molecule has 0 amide bonds. The summed E-state index contributed by atoms with van der Waals surface area (Å²) in [6, 6.07) is 22.9. The highest BCUT2D eigenvalue weighted by atomic mass is 35.5. The molecule has 3 aromatic carbocycles. The third-order valence-electron chi connectivity index (χ3n) is 5.85. The largest absolute Gasteiger partial charge is 0.478 e. The van der Waals surface area contributed by atoms with Gasteiger partial charge in [0.2, 0.25) is 0 Å². The molecule has 8 heteroatoms. The predicted octanol–water partition coefficient (Wildman–Crippen LogP) is 6.89. The number of ether oxygens (including phenoxy) is 2. The number of carbonyl (C=O) groups is 1. The summed E-state index contributed by atoms with van der Waals surface area (Å²) in [5, 5.41) is 9.82. The maximum atomic E-state index is 11.4. The van der Waals surface area contributed by atoms with E-state index in [0.29, 0.717) is 39.8 Å². The molecule has 0 unspecified atom stereocenters. The lowest BCUT2D eigenvalue weighted by atomic mass is 9.98. The van der Waals surface area contributed by atoms with Crippen molar-refractivity contribution in [2.45, 2.75) is 13.5 Å². The third kappa shape index (κ3) is 4.66. The van der Waals surface area contributed by atoms with Gasteiger partial charge in [-0.1, -0.05) is 66.2 Å². The van der Waals surface area contributed by atoms with Crippen LogP contribution in [-0.4, -0.2) is 33.1 Å². The summed E-state index contributed by atoms with van der Waals surface area (Å²) in [7, 11) is 1.68. The maximum absolute atomic E-state index is 11.4. The summed E-state index contributed by atoms with van der Waals surface area (Å²) in [6.07, 6.45) is 0. The van der Waals surface area contributed by atoms with Crippen LogP contribution in [0.4, 0.5) is 0 Å². The first-order valence-corrected chi connectivity index (χ1v) is 11.6. The molecule has 2 heterocycles. The zero-order valence-corrected chi connectivity index (χ0v) is 20.3. The minimum Gasteiger partial charge on any atom is -0.478 e. The Hall–Kier alpha value is -4.20. The summed E-state index contributed by atoms with van der Waals surface area (Å²) in [5.74, 6) is -0.665. The van der Waals surface area contributed by atoms with Gasteiger partial charge in [0.05, 0.1) is 28.4 Å². The van der Waals surface area contributed by atoms with Crippen molar-refractivity contribution in [3.8, 4) is 34.1 Å². The molecule has 2 N–H and O–H groups in total. The molecular weight excluding hydrogens is 478 g/mol. The normalized spacial score (nSPS) is 11.1. The number of carboxylic acids is 1. The molecule has 180 valence electrons. The Kier molecular flexibility index (Phi) is 6.41. The Bertz CT molecular complexity index is 1580. The molecular formula is C28H22ClN3O4. The summed E-state index contributed by atoms with van der Waals surface area (Å²) in [4.78, 5) is 23.5. The van der Waals surface area contributed by atoms with Crippen LogP contribution in [0.3, 0.4) is 0 Å². The molecule has 7 nitrogen and oxygen atoms in total. The zero-order chi connectivity index (χ0) is 25.2. The lowest BCUT2D eigenvalue weighted by Crippen LogP contribution is -2.00. The Morgan fingerprint density at radius 3 is 2.50 bits per heavy atom. The number of nitrogens with one attached hydrogen (secondary N) is 1. The van der Waals surface area contributed by atoms with E-state index in [1.165, 1.54) is 6.07 Å². The number of H-pyrrole nitrogens is 1. The van der Waals surface area contributed by atoms with E-state index in [4.69, 9.17) is 21.1 Å². The molecule has 5 aromatic rings. The van der Waals surface area contributed by atoms with E-state index < -0.39 is 5.97 Å². The van der Waals surface area contributed by atoms with Crippen molar-refractivity contribution in [3.63, 3.8) is 0 Å². The van der Waals surface area contributed by atoms with Crippen LogP contribution in [0.15, 0.2) is 72.8 Å². The zero-order valence-electron chi connectivity index (χ0n) is 19.6. The Morgan fingerprint density at radius 2 is 1.75 bits per heavy atom. The summed E-state index contributed by atoms with van der Waals surface area (Å²) >= 11 is 6.57. The molecule has 0 aliphatic heterocycles. The van der Waals surface area contributed by atoms with Gasteiger partial charge < -0.3 is 19.6 Å². The van der Waals surface area contributed by atoms with Crippen molar-refractivity contribution >= 4 is 28.7 Å². The molecule has 0 fully saturated rings. The summed E-state index contributed by atoms with van der Waals surface area (Å²) < 4.78 is 11.1. The van der Waals surface area contributed by atoms with E-state index in [1.807, 2.05) is 36.4 Å². The third-order valence-corrected chi connectivity index (χ3v) is 6.13. The first kappa shape index (κ1) is 23.5. The van der Waals surface area contributed by atoms with Gasteiger partial charge in [0.25, 0.3) is 0 Å². The number of hydrogen-bond donors (Lipinski definition) is 2. The number of carboxylic acid groups (broad SMARTS) is 1. The quantitative estimate of drug-likeness (QED) is 0.253. The number of benzene rings is 3. The number of hydrogen-bond acceptors (Lipinski definition) is 5. The number of aromatic nitrogens is 3. The number of pyridine rings is 1. The monoisotopic (exact) mass is 499 g/mol. The number of methoxy groups -OCH3 is 1. The van der Waals surface area contributed by atoms with Crippen LogP contribution in [0.1, 0.15) is 21.5 Å². The van der Waals surface area contributed by atoms with Crippen molar-refractivity contribution in [2.24, 2.45) is 0 Å². The minimum atomic E-state index is -1.02. The second kappa shape index (κ2) is 9.81. The SMILES string of the molecule is COCc1ccccc1-c1ccc(-c2nc3nc(Oc4ccc(C)c(C(=O)O)c4)[nH]c3cc2Cl)cc1. The fourth-order valence-corrected chi connectivity index (χ4v) is 4.30. The van der Waals surface area contributed by atoms with E-state index in [0.717, 1.165) is 22.3 Å². The van der Waals surface area contributed by atoms with Crippen molar-refractivity contribution in [3.05, 3.63) is 94.5 Å². The van der Waals surface area contributed by atoms with Crippen molar-refractivity contribution in [1.29, 1.82) is 0 Å². The molecule has 0 aliphatic rings. The molecule has 0 saturated heterocycles. The number of nitrogens with zero attached hydrogens (tertiary/aromatic N) is 2. The van der Waals surface area contributed by atoms with Crippen LogP contribution in [0, 0.1) is 6.92 Å². The second-order valence-corrected chi connectivity index (χ2v) is 8.69. The van der Waals surface area contributed by atoms with Crippen LogP contribution in [0.5, 0.6) is 11.8 Å². The number of halogens is 1. The molecule has 5 rings (SSSR count). The molecule has 0 spiro atoms. The molecule has 0 saturated carbocycles. The van der Waals surface area contributed by atoms with Crippen LogP contribution < -0.4 is 4.74 Å². The molecule has 0 aliphatic carbocycles. The Balaban J connectivity index is 1.44. The van der Waals surface area contributed by atoms with Crippen molar-refractivity contribution in [1.82, 2.24) is 15.0 Å². The summed E-state index contributed by atoms with van der Waals surface area (Å²) in [5.41, 5.74) is 6.59.